The first-order valence-corrected chi connectivity index (χ1v) is 12.9. The number of ether oxygens (including phenoxy) is 4. The number of hydrogen-bond donors (Lipinski definition) is 0. The summed E-state index contributed by atoms with van der Waals surface area (Å²) in [5, 5.41) is 0. The summed E-state index contributed by atoms with van der Waals surface area (Å²) in [5.41, 5.74) is -2.60. The topological polar surface area (TPSA) is 105 Å². The molecular formula is C26H44O8. The van der Waals surface area contributed by atoms with Crippen molar-refractivity contribution in [3.05, 3.63) is 0 Å². The summed E-state index contributed by atoms with van der Waals surface area (Å²) in [7, 11) is 0. The van der Waals surface area contributed by atoms with Crippen molar-refractivity contribution in [3.8, 4) is 0 Å². The molecule has 0 aromatic carbocycles. The average molecular weight is 485 g/mol. The van der Waals surface area contributed by atoms with E-state index in [1.165, 1.54) is 0 Å². The Labute approximate surface area is 204 Å². The van der Waals surface area contributed by atoms with Crippen molar-refractivity contribution in [2.45, 2.75) is 92.9 Å². The zero-order valence-corrected chi connectivity index (χ0v) is 21.9. The summed E-state index contributed by atoms with van der Waals surface area (Å²) in [6.07, 6.45) is 4.54. The van der Waals surface area contributed by atoms with Crippen LogP contribution in [0, 0.1) is 22.7 Å². The molecule has 1 fully saturated rings. The Balaban J connectivity index is 2.98. The van der Waals surface area contributed by atoms with Gasteiger partial charge in [-0.15, -0.1) is 0 Å². The molecule has 0 atom stereocenters. The zero-order valence-electron chi connectivity index (χ0n) is 21.9. The molecule has 0 heterocycles. The average Bonchev–Trinajstić information content (AvgIpc) is 2.82. The van der Waals surface area contributed by atoms with Gasteiger partial charge >= 0.3 is 23.9 Å². The van der Waals surface area contributed by atoms with E-state index in [1.54, 1.807) is 27.7 Å². The van der Waals surface area contributed by atoms with Gasteiger partial charge in [0.05, 0.1) is 26.4 Å². The zero-order chi connectivity index (χ0) is 25.8. The van der Waals surface area contributed by atoms with Crippen LogP contribution in [0.2, 0.25) is 0 Å². The number of esters is 4. The van der Waals surface area contributed by atoms with Crippen LogP contribution in [0.3, 0.4) is 0 Å². The number of carbonyl (C=O) groups is 4. The first-order chi connectivity index (χ1) is 16.2. The molecule has 8 nitrogen and oxygen atoms in total. The van der Waals surface area contributed by atoms with E-state index in [2.05, 4.69) is 0 Å². The molecule has 1 saturated carbocycles. The van der Waals surface area contributed by atoms with Crippen LogP contribution in [0.1, 0.15) is 92.9 Å². The second-order valence-corrected chi connectivity index (χ2v) is 9.05. The highest BCUT2D eigenvalue weighted by Crippen LogP contribution is 2.44. The molecule has 1 rings (SSSR count). The van der Waals surface area contributed by atoms with Crippen molar-refractivity contribution < 1.29 is 38.1 Å². The van der Waals surface area contributed by atoms with Gasteiger partial charge in [-0.1, -0.05) is 39.5 Å². The van der Waals surface area contributed by atoms with Crippen LogP contribution in [0.15, 0.2) is 0 Å². The van der Waals surface area contributed by atoms with Gasteiger partial charge in [-0.3, -0.25) is 19.2 Å². The lowest BCUT2D eigenvalue weighted by atomic mass is 9.67. The van der Waals surface area contributed by atoms with Gasteiger partial charge in [0.15, 0.2) is 10.8 Å². The number of rotatable bonds is 14. The van der Waals surface area contributed by atoms with Crippen molar-refractivity contribution in [1.29, 1.82) is 0 Å². The maximum absolute atomic E-state index is 12.8. The van der Waals surface area contributed by atoms with Crippen molar-refractivity contribution in [2.24, 2.45) is 22.7 Å². The first kappa shape index (κ1) is 29.9. The fourth-order valence-corrected chi connectivity index (χ4v) is 5.07. The van der Waals surface area contributed by atoms with Gasteiger partial charge < -0.3 is 18.9 Å². The molecule has 0 radical (unpaired) electrons. The number of hydrogen-bond acceptors (Lipinski definition) is 8. The molecule has 8 heteroatoms. The van der Waals surface area contributed by atoms with Crippen molar-refractivity contribution in [2.75, 3.05) is 26.4 Å². The van der Waals surface area contributed by atoms with Crippen LogP contribution in [-0.2, 0) is 38.1 Å². The predicted octanol–water partition coefficient (Wildman–Crippen LogP) is 4.62. The molecule has 0 bridgehead atoms. The minimum atomic E-state index is -1.30. The third-order valence-electron chi connectivity index (χ3n) is 7.11. The Kier molecular flexibility index (Phi) is 12.6. The van der Waals surface area contributed by atoms with Crippen LogP contribution in [-0.4, -0.2) is 50.3 Å². The van der Waals surface area contributed by atoms with Crippen LogP contribution in [0.5, 0.6) is 0 Å². The van der Waals surface area contributed by atoms with E-state index in [0.29, 0.717) is 25.7 Å². The lowest BCUT2D eigenvalue weighted by Gasteiger charge is -2.37. The maximum atomic E-state index is 12.8. The van der Waals surface area contributed by atoms with E-state index in [9.17, 15) is 19.2 Å². The highest BCUT2D eigenvalue weighted by molar-refractivity contribution is 6.00. The standard InChI is InChI=1S/C26H44O8/c1-7-25(21(27)31-9-3,22(28)32-10-4)17-19-13-15-20(16-14-19)18-26(8-2,23(29)33-11-5)24(30)34-12-6/h19-20H,7-18H2,1-6H3. The Morgan fingerprint density at radius 3 is 0.941 bits per heavy atom. The number of carbonyl (C=O) groups excluding carboxylic acids is 4. The van der Waals surface area contributed by atoms with Crippen LogP contribution in [0.4, 0.5) is 0 Å². The summed E-state index contributed by atoms with van der Waals surface area (Å²) >= 11 is 0. The largest absolute Gasteiger partial charge is 0.465 e. The Bertz CT molecular complexity index is 584. The van der Waals surface area contributed by atoms with Gasteiger partial charge in [0, 0.05) is 0 Å². The van der Waals surface area contributed by atoms with E-state index < -0.39 is 34.7 Å². The monoisotopic (exact) mass is 484 g/mol. The molecule has 0 amide bonds. The maximum Gasteiger partial charge on any atom is 0.323 e. The quantitative estimate of drug-likeness (QED) is 0.200. The Morgan fingerprint density at radius 2 is 0.765 bits per heavy atom. The highest BCUT2D eigenvalue weighted by atomic mass is 16.6. The smallest absolute Gasteiger partial charge is 0.323 e. The molecule has 0 saturated heterocycles. The fraction of sp³-hybridized carbons (Fsp3) is 0.846. The summed E-state index contributed by atoms with van der Waals surface area (Å²) in [6.45, 7) is 11.3. The Hall–Kier alpha value is -2.12. The van der Waals surface area contributed by atoms with Gasteiger partial charge in [0.25, 0.3) is 0 Å². The molecule has 1 aliphatic rings. The van der Waals surface area contributed by atoms with E-state index >= 15 is 0 Å². The highest BCUT2D eigenvalue weighted by Gasteiger charge is 2.51. The summed E-state index contributed by atoms with van der Waals surface area (Å²) in [4.78, 5) is 51.3. The third kappa shape index (κ3) is 6.95. The molecular weight excluding hydrogens is 440 g/mol. The van der Waals surface area contributed by atoms with Gasteiger partial charge in [0.1, 0.15) is 0 Å². The van der Waals surface area contributed by atoms with Crippen molar-refractivity contribution in [1.82, 2.24) is 0 Å². The van der Waals surface area contributed by atoms with Gasteiger partial charge in [-0.25, -0.2) is 0 Å². The van der Waals surface area contributed by atoms with Gasteiger partial charge in [-0.05, 0) is 65.2 Å². The summed E-state index contributed by atoms with van der Waals surface area (Å²) in [5.74, 6) is -1.79. The van der Waals surface area contributed by atoms with Crippen LogP contribution in [0.25, 0.3) is 0 Å². The molecule has 196 valence electrons. The van der Waals surface area contributed by atoms with Crippen LogP contribution < -0.4 is 0 Å². The fourth-order valence-electron chi connectivity index (χ4n) is 5.07. The van der Waals surface area contributed by atoms with Gasteiger partial charge in [0.2, 0.25) is 0 Å². The van der Waals surface area contributed by atoms with Crippen molar-refractivity contribution >= 4 is 23.9 Å². The van der Waals surface area contributed by atoms with E-state index in [1.807, 2.05) is 13.8 Å². The first-order valence-electron chi connectivity index (χ1n) is 12.9. The SMILES string of the molecule is CCOC(=O)C(CC)(CC1CCC(CC(CC)(C(=O)OCC)C(=O)OCC)CC1)C(=O)OCC. The molecule has 34 heavy (non-hydrogen) atoms. The van der Waals surface area contributed by atoms with Crippen LogP contribution >= 0.6 is 0 Å². The molecule has 0 aliphatic heterocycles. The normalized spacial score (nSPS) is 18.6. The minimum Gasteiger partial charge on any atom is -0.465 e. The summed E-state index contributed by atoms with van der Waals surface area (Å²) in [6, 6.07) is 0. The van der Waals surface area contributed by atoms with Crippen molar-refractivity contribution in [3.63, 3.8) is 0 Å². The lowest BCUT2D eigenvalue weighted by molar-refractivity contribution is -0.177. The third-order valence-corrected chi connectivity index (χ3v) is 7.11. The predicted molar refractivity (Wildman–Crippen MR) is 127 cm³/mol. The molecule has 0 spiro atoms. The second kappa shape index (κ2) is 14.3. The van der Waals surface area contributed by atoms with Gasteiger partial charge in [-0.2, -0.15) is 0 Å². The summed E-state index contributed by atoms with van der Waals surface area (Å²) < 4.78 is 21.1. The Morgan fingerprint density at radius 1 is 0.529 bits per heavy atom. The minimum absolute atomic E-state index is 0.145. The molecule has 0 aromatic rings. The lowest BCUT2D eigenvalue weighted by Crippen LogP contribution is -2.45. The van der Waals surface area contributed by atoms with E-state index in [-0.39, 0.29) is 38.3 Å². The van der Waals surface area contributed by atoms with E-state index in [4.69, 9.17) is 18.9 Å². The van der Waals surface area contributed by atoms with E-state index in [0.717, 1.165) is 25.7 Å². The molecule has 0 aromatic heterocycles. The molecule has 0 unspecified atom stereocenters. The molecule has 1 aliphatic carbocycles. The molecule has 0 N–H and O–H groups in total. The second-order valence-electron chi connectivity index (χ2n) is 9.05.